The van der Waals surface area contributed by atoms with E-state index in [0.29, 0.717) is 5.56 Å². The van der Waals surface area contributed by atoms with E-state index in [1.165, 1.54) is 31.4 Å². The van der Waals surface area contributed by atoms with Crippen molar-refractivity contribution in [2.24, 2.45) is 0 Å². The van der Waals surface area contributed by atoms with Crippen LogP contribution in [0, 0.1) is 13.8 Å². The van der Waals surface area contributed by atoms with Crippen molar-refractivity contribution >= 4 is 21.8 Å². The van der Waals surface area contributed by atoms with Crippen LogP contribution in [0.5, 0.6) is 11.5 Å². The van der Waals surface area contributed by atoms with E-state index in [2.05, 4.69) is 10.6 Å². The second-order valence-electron chi connectivity index (χ2n) is 7.58. The molecule has 9 nitrogen and oxygen atoms in total. The maximum absolute atomic E-state index is 13.2. The summed E-state index contributed by atoms with van der Waals surface area (Å²) >= 11 is 0. The number of benzene rings is 2. The maximum Gasteiger partial charge on any atom is 0.338 e. The molecule has 0 bridgehead atoms. The summed E-state index contributed by atoms with van der Waals surface area (Å²) in [6, 6.07) is 7.38. The lowest BCUT2D eigenvalue weighted by atomic mass is 9.95. The SMILES string of the molecule is CCOC(=O)C1=C(CS(=O)(=O)c2ccc(C)c(C)c2)NC(=O)N[C@H]1c1ccc(O)c(OC)c1. The van der Waals surface area contributed by atoms with Crippen LogP contribution in [0.1, 0.15) is 29.7 Å². The number of aromatic hydroxyl groups is 1. The molecule has 33 heavy (non-hydrogen) atoms. The molecule has 10 heteroatoms. The summed E-state index contributed by atoms with van der Waals surface area (Å²) < 4.78 is 36.6. The van der Waals surface area contributed by atoms with Gasteiger partial charge in [-0.15, -0.1) is 0 Å². The van der Waals surface area contributed by atoms with E-state index in [1.54, 1.807) is 26.0 Å². The predicted octanol–water partition coefficient (Wildman–Crippen LogP) is 2.66. The molecule has 1 heterocycles. The summed E-state index contributed by atoms with van der Waals surface area (Å²) in [4.78, 5) is 25.4. The Bertz CT molecular complexity index is 1240. The molecule has 0 aliphatic carbocycles. The zero-order valence-corrected chi connectivity index (χ0v) is 19.6. The monoisotopic (exact) mass is 474 g/mol. The van der Waals surface area contributed by atoms with Gasteiger partial charge in [-0.1, -0.05) is 12.1 Å². The minimum Gasteiger partial charge on any atom is -0.504 e. The third-order valence-electron chi connectivity index (χ3n) is 5.36. The van der Waals surface area contributed by atoms with Crippen molar-refractivity contribution in [3.8, 4) is 11.5 Å². The molecule has 2 aromatic carbocycles. The average molecular weight is 475 g/mol. The van der Waals surface area contributed by atoms with Gasteiger partial charge in [-0.05, 0) is 61.7 Å². The van der Waals surface area contributed by atoms with E-state index < -0.39 is 33.6 Å². The Morgan fingerprint density at radius 1 is 1.12 bits per heavy atom. The second kappa shape index (κ2) is 9.53. The molecule has 0 fully saturated rings. The quantitative estimate of drug-likeness (QED) is 0.526. The number of urea groups is 1. The van der Waals surface area contributed by atoms with E-state index >= 15 is 0 Å². The number of ether oxygens (including phenoxy) is 2. The van der Waals surface area contributed by atoms with Crippen LogP contribution in [-0.4, -0.2) is 45.0 Å². The highest BCUT2D eigenvalue weighted by Gasteiger charge is 2.36. The molecule has 2 amide bonds. The molecule has 0 radical (unpaired) electrons. The number of hydrogen-bond acceptors (Lipinski definition) is 7. The van der Waals surface area contributed by atoms with E-state index in [4.69, 9.17) is 9.47 Å². The largest absolute Gasteiger partial charge is 0.504 e. The molecule has 1 aliphatic heterocycles. The first-order valence-corrected chi connectivity index (χ1v) is 11.9. The second-order valence-corrected chi connectivity index (χ2v) is 9.57. The van der Waals surface area contributed by atoms with Gasteiger partial charge in [-0.25, -0.2) is 18.0 Å². The van der Waals surface area contributed by atoms with Crippen molar-refractivity contribution in [1.82, 2.24) is 10.6 Å². The molecule has 1 aliphatic rings. The van der Waals surface area contributed by atoms with Crippen LogP contribution >= 0.6 is 0 Å². The Hall–Kier alpha value is -3.53. The summed E-state index contributed by atoms with van der Waals surface area (Å²) in [6.07, 6.45) is 0. The highest BCUT2D eigenvalue weighted by Crippen LogP contribution is 2.34. The number of esters is 1. The van der Waals surface area contributed by atoms with Gasteiger partial charge in [0.05, 0.1) is 36.0 Å². The lowest BCUT2D eigenvalue weighted by Gasteiger charge is -2.29. The van der Waals surface area contributed by atoms with Gasteiger partial charge in [0.2, 0.25) is 0 Å². The molecular formula is C23H26N2O7S. The van der Waals surface area contributed by atoms with Crippen molar-refractivity contribution < 1.29 is 32.6 Å². The summed E-state index contributed by atoms with van der Waals surface area (Å²) in [5.41, 5.74) is 2.03. The number of carbonyl (C=O) groups is 2. The minimum absolute atomic E-state index is 0.0448. The number of carbonyl (C=O) groups excluding carboxylic acids is 2. The maximum atomic E-state index is 13.2. The third-order valence-corrected chi connectivity index (χ3v) is 7.00. The van der Waals surface area contributed by atoms with Gasteiger partial charge in [-0.2, -0.15) is 0 Å². The number of hydrogen-bond donors (Lipinski definition) is 3. The fourth-order valence-electron chi connectivity index (χ4n) is 3.49. The van der Waals surface area contributed by atoms with Gasteiger partial charge in [-0.3, -0.25) is 0 Å². The first-order valence-electron chi connectivity index (χ1n) is 10.2. The summed E-state index contributed by atoms with van der Waals surface area (Å²) in [6.45, 7) is 5.35. The van der Waals surface area contributed by atoms with Gasteiger partial charge >= 0.3 is 12.0 Å². The van der Waals surface area contributed by atoms with Crippen LogP contribution in [0.15, 0.2) is 52.6 Å². The van der Waals surface area contributed by atoms with Crippen molar-refractivity contribution in [2.75, 3.05) is 19.5 Å². The standard InChI is InChI=1S/C23H26N2O7S/c1-5-32-22(27)20-17(12-33(29,30)16-8-6-13(2)14(3)10-16)24-23(28)25-21(20)15-7-9-18(26)19(11-15)31-4/h6-11,21,26H,5,12H2,1-4H3,(H2,24,25,28)/t21-/m0/s1. The highest BCUT2D eigenvalue weighted by molar-refractivity contribution is 7.91. The van der Waals surface area contributed by atoms with Crippen molar-refractivity contribution in [1.29, 1.82) is 0 Å². The first-order chi connectivity index (χ1) is 15.6. The van der Waals surface area contributed by atoms with Crippen LogP contribution < -0.4 is 15.4 Å². The van der Waals surface area contributed by atoms with Crippen LogP contribution in [0.2, 0.25) is 0 Å². The van der Waals surface area contributed by atoms with Crippen LogP contribution in [0.3, 0.4) is 0 Å². The number of sulfone groups is 1. The fraction of sp³-hybridized carbons (Fsp3) is 0.304. The van der Waals surface area contributed by atoms with Gasteiger partial charge in [0.1, 0.15) is 0 Å². The number of rotatable bonds is 7. The van der Waals surface area contributed by atoms with Crippen LogP contribution in [0.25, 0.3) is 0 Å². The fourth-order valence-corrected chi connectivity index (χ4v) is 4.89. The average Bonchev–Trinajstić information content (AvgIpc) is 2.75. The Kier molecular flexibility index (Phi) is 6.97. The predicted molar refractivity (Wildman–Crippen MR) is 121 cm³/mol. The number of phenols is 1. The minimum atomic E-state index is -3.90. The first kappa shape index (κ1) is 24.1. The Balaban J connectivity index is 2.13. The van der Waals surface area contributed by atoms with E-state index in [9.17, 15) is 23.1 Å². The number of amides is 2. The van der Waals surface area contributed by atoms with Crippen molar-refractivity contribution in [2.45, 2.75) is 31.7 Å². The van der Waals surface area contributed by atoms with Gasteiger partial charge in [0.15, 0.2) is 21.3 Å². The normalized spacial score (nSPS) is 16.1. The number of aryl methyl sites for hydroxylation is 2. The molecule has 0 saturated heterocycles. The lowest BCUT2D eigenvalue weighted by molar-refractivity contribution is -0.139. The van der Waals surface area contributed by atoms with E-state index in [-0.39, 0.29) is 34.3 Å². The Morgan fingerprint density at radius 2 is 1.85 bits per heavy atom. The smallest absolute Gasteiger partial charge is 0.338 e. The number of methoxy groups -OCH3 is 1. The highest BCUT2D eigenvalue weighted by atomic mass is 32.2. The molecule has 1 atom stereocenters. The number of nitrogens with one attached hydrogen (secondary N) is 2. The molecular weight excluding hydrogens is 448 g/mol. The third kappa shape index (κ3) is 5.11. The van der Waals surface area contributed by atoms with Crippen molar-refractivity contribution in [3.05, 3.63) is 64.4 Å². The molecule has 0 saturated carbocycles. The summed E-state index contributed by atoms with van der Waals surface area (Å²) in [7, 11) is -2.54. The lowest BCUT2D eigenvalue weighted by Crippen LogP contribution is -2.47. The molecule has 0 unspecified atom stereocenters. The van der Waals surface area contributed by atoms with Gasteiger partial charge in [0.25, 0.3) is 0 Å². The van der Waals surface area contributed by atoms with Crippen LogP contribution in [-0.2, 0) is 19.4 Å². The Labute approximate surface area is 192 Å². The zero-order chi connectivity index (χ0) is 24.3. The topological polar surface area (TPSA) is 131 Å². The van der Waals surface area contributed by atoms with E-state index in [1.807, 2.05) is 6.92 Å². The molecule has 2 aromatic rings. The molecule has 0 spiro atoms. The summed E-state index contributed by atoms with van der Waals surface area (Å²) in [5, 5.41) is 15.0. The zero-order valence-electron chi connectivity index (χ0n) is 18.8. The van der Waals surface area contributed by atoms with Crippen molar-refractivity contribution in [3.63, 3.8) is 0 Å². The van der Waals surface area contributed by atoms with Crippen LogP contribution in [0.4, 0.5) is 4.79 Å². The number of phenolic OH excluding ortho intramolecular Hbond substituents is 1. The molecule has 176 valence electrons. The van der Waals surface area contributed by atoms with Gasteiger partial charge in [0, 0.05) is 5.70 Å². The molecule has 0 aromatic heterocycles. The molecule has 3 rings (SSSR count). The van der Waals surface area contributed by atoms with E-state index in [0.717, 1.165) is 11.1 Å². The Morgan fingerprint density at radius 3 is 2.48 bits per heavy atom. The molecule has 3 N–H and O–H groups in total. The summed E-state index contributed by atoms with van der Waals surface area (Å²) in [5.74, 6) is -1.37. The van der Waals surface area contributed by atoms with Gasteiger partial charge < -0.3 is 25.2 Å².